The maximum atomic E-state index is 12.9. The van der Waals surface area contributed by atoms with Gasteiger partial charge in [-0.25, -0.2) is 4.39 Å². The van der Waals surface area contributed by atoms with Crippen LogP contribution >= 0.6 is 35.7 Å². The molecule has 0 aliphatic carbocycles. The summed E-state index contributed by atoms with van der Waals surface area (Å²) in [5.41, 5.74) is 2.58. The van der Waals surface area contributed by atoms with Crippen LogP contribution in [-0.4, -0.2) is 56.5 Å². The van der Waals surface area contributed by atoms with Gasteiger partial charge in [-0.3, -0.25) is 9.89 Å². The second kappa shape index (κ2) is 14.7. The summed E-state index contributed by atoms with van der Waals surface area (Å²) in [5, 5.41) is 6.75. The number of halogens is 2. The molecule has 0 unspecified atom stereocenters. The molecule has 2 aromatic rings. The monoisotopic (exact) mass is 558 g/mol. The van der Waals surface area contributed by atoms with Gasteiger partial charge in [0.1, 0.15) is 5.82 Å². The third-order valence-corrected chi connectivity index (χ3v) is 5.98. The number of aliphatic imine (C=N–C) groups is 1. The van der Waals surface area contributed by atoms with Crippen LogP contribution in [0.5, 0.6) is 0 Å². The molecule has 0 saturated carbocycles. The van der Waals surface area contributed by atoms with Crippen molar-refractivity contribution < 1.29 is 9.13 Å². The predicted molar refractivity (Wildman–Crippen MR) is 138 cm³/mol. The number of nitrogens with one attached hydrogen (secondary N) is 2. The summed E-state index contributed by atoms with van der Waals surface area (Å²) in [6, 6.07) is 15.4. The molecule has 5 nitrogen and oxygen atoms in total. The molecule has 3 rings (SSSR count). The van der Waals surface area contributed by atoms with Gasteiger partial charge in [-0.1, -0.05) is 24.3 Å². The van der Waals surface area contributed by atoms with E-state index in [1.165, 1.54) is 23.3 Å². The third-order valence-electron chi connectivity index (χ3n) is 4.88. The van der Waals surface area contributed by atoms with Gasteiger partial charge in [0.2, 0.25) is 0 Å². The average molecular weight is 559 g/mol. The van der Waals surface area contributed by atoms with Gasteiger partial charge in [-0.05, 0) is 47.6 Å². The van der Waals surface area contributed by atoms with E-state index in [0.29, 0.717) is 0 Å². The maximum absolute atomic E-state index is 12.9. The second-order valence-electron chi connectivity index (χ2n) is 7.22. The molecule has 1 fully saturated rings. The summed E-state index contributed by atoms with van der Waals surface area (Å²) in [7, 11) is 1.79. The SMILES string of the molecule is CN=C(NCCCSc1ccc(F)cc1)NCc1cccc(CN2CCOCC2)c1.I. The Labute approximate surface area is 206 Å². The highest BCUT2D eigenvalue weighted by Gasteiger charge is 2.10. The Bertz CT molecular complexity index is 800. The van der Waals surface area contributed by atoms with Crippen LogP contribution in [0.4, 0.5) is 4.39 Å². The van der Waals surface area contributed by atoms with E-state index in [1.54, 1.807) is 18.8 Å². The first-order chi connectivity index (χ1) is 14.7. The Morgan fingerprint density at radius 2 is 1.84 bits per heavy atom. The summed E-state index contributed by atoms with van der Waals surface area (Å²) in [6.45, 7) is 6.19. The van der Waals surface area contributed by atoms with Crippen molar-refractivity contribution in [2.24, 2.45) is 4.99 Å². The van der Waals surface area contributed by atoms with Crippen molar-refractivity contribution in [2.45, 2.75) is 24.4 Å². The standard InChI is InChI=1S/C23H31FN4OS.HI/c1-25-23(26-10-3-15-30-22-8-6-21(24)7-9-22)27-17-19-4-2-5-20(16-19)18-28-11-13-29-14-12-28;/h2,4-9,16H,3,10-15,17-18H2,1H3,(H2,25,26,27);1H. The van der Waals surface area contributed by atoms with Crippen molar-refractivity contribution in [3.8, 4) is 0 Å². The van der Waals surface area contributed by atoms with E-state index in [2.05, 4.69) is 44.8 Å². The Morgan fingerprint density at radius 3 is 2.58 bits per heavy atom. The second-order valence-corrected chi connectivity index (χ2v) is 8.39. The molecule has 2 aromatic carbocycles. The van der Waals surface area contributed by atoms with Gasteiger partial charge in [0.15, 0.2) is 5.96 Å². The first-order valence-electron chi connectivity index (χ1n) is 10.4. The summed E-state index contributed by atoms with van der Waals surface area (Å²) in [6.07, 6.45) is 0.998. The number of guanidine groups is 1. The fraction of sp³-hybridized carbons (Fsp3) is 0.435. The molecule has 2 N–H and O–H groups in total. The molecule has 0 atom stereocenters. The van der Waals surface area contributed by atoms with Gasteiger partial charge in [0.05, 0.1) is 13.2 Å². The summed E-state index contributed by atoms with van der Waals surface area (Å²) < 4.78 is 18.4. The largest absolute Gasteiger partial charge is 0.379 e. The minimum Gasteiger partial charge on any atom is -0.379 e. The lowest BCUT2D eigenvalue weighted by Gasteiger charge is -2.26. The van der Waals surface area contributed by atoms with Crippen molar-refractivity contribution in [3.05, 3.63) is 65.5 Å². The first kappa shape index (κ1) is 25.9. The molecule has 0 aromatic heterocycles. The molecular weight excluding hydrogens is 526 g/mol. The van der Waals surface area contributed by atoms with E-state index in [9.17, 15) is 4.39 Å². The van der Waals surface area contributed by atoms with Crippen LogP contribution in [0.3, 0.4) is 0 Å². The molecule has 0 bridgehead atoms. The lowest BCUT2D eigenvalue weighted by atomic mass is 10.1. The highest BCUT2D eigenvalue weighted by atomic mass is 127. The third kappa shape index (κ3) is 9.76. The van der Waals surface area contributed by atoms with Crippen molar-refractivity contribution in [1.29, 1.82) is 0 Å². The van der Waals surface area contributed by atoms with Crippen LogP contribution < -0.4 is 10.6 Å². The molecule has 0 radical (unpaired) electrons. The number of hydrogen-bond donors (Lipinski definition) is 2. The van der Waals surface area contributed by atoms with Gasteiger partial charge in [-0.15, -0.1) is 35.7 Å². The zero-order valence-electron chi connectivity index (χ0n) is 18.0. The quantitative estimate of drug-likeness (QED) is 0.160. The number of thioether (sulfide) groups is 1. The molecule has 1 aliphatic rings. The number of hydrogen-bond acceptors (Lipinski definition) is 4. The molecule has 0 amide bonds. The predicted octanol–water partition coefficient (Wildman–Crippen LogP) is 4.12. The van der Waals surface area contributed by atoms with E-state index in [-0.39, 0.29) is 29.8 Å². The van der Waals surface area contributed by atoms with Gasteiger partial charge in [-0.2, -0.15) is 0 Å². The molecule has 1 heterocycles. The minimum absolute atomic E-state index is 0. The van der Waals surface area contributed by atoms with Gasteiger partial charge in [0, 0.05) is 44.7 Å². The van der Waals surface area contributed by atoms with Gasteiger partial charge < -0.3 is 15.4 Å². The molecular formula is C23H32FIN4OS. The summed E-state index contributed by atoms with van der Waals surface area (Å²) in [5.74, 6) is 1.59. The maximum Gasteiger partial charge on any atom is 0.191 e. The van der Waals surface area contributed by atoms with Crippen LogP contribution in [0, 0.1) is 5.82 Å². The van der Waals surface area contributed by atoms with Crippen LogP contribution in [0.2, 0.25) is 0 Å². The fourth-order valence-corrected chi connectivity index (χ4v) is 4.11. The normalized spacial score (nSPS) is 14.7. The molecule has 1 aliphatic heterocycles. The number of benzene rings is 2. The topological polar surface area (TPSA) is 48.9 Å². The number of ether oxygens (including phenoxy) is 1. The van der Waals surface area contributed by atoms with E-state index >= 15 is 0 Å². The fourth-order valence-electron chi connectivity index (χ4n) is 3.26. The van der Waals surface area contributed by atoms with E-state index in [4.69, 9.17) is 4.74 Å². The van der Waals surface area contributed by atoms with Crippen LogP contribution in [0.25, 0.3) is 0 Å². The highest BCUT2D eigenvalue weighted by Crippen LogP contribution is 2.18. The Balaban J connectivity index is 0.00000341. The van der Waals surface area contributed by atoms with E-state index in [0.717, 1.165) is 69.0 Å². The minimum atomic E-state index is -0.192. The first-order valence-corrected chi connectivity index (χ1v) is 11.4. The van der Waals surface area contributed by atoms with Crippen molar-refractivity contribution >= 4 is 41.7 Å². The smallest absolute Gasteiger partial charge is 0.191 e. The van der Waals surface area contributed by atoms with Gasteiger partial charge in [0.25, 0.3) is 0 Å². The van der Waals surface area contributed by atoms with Crippen LogP contribution in [-0.2, 0) is 17.8 Å². The Hall–Kier alpha value is -1.36. The van der Waals surface area contributed by atoms with Gasteiger partial charge >= 0.3 is 0 Å². The van der Waals surface area contributed by atoms with Crippen molar-refractivity contribution in [2.75, 3.05) is 45.6 Å². The van der Waals surface area contributed by atoms with Crippen molar-refractivity contribution in [1.82, 2.24) is 15.5 Å². The zero-order valence-corrected chi connectivity index (χ0v) is 21.1. The van der Waals surface area contributed by atoms with Crippen LogP contribution in [0.1, 0.15) is 17.5 Å². The van der Waals surface area contributed by atoms with Crippen molar-refractivity contribution in [3.63, 3.8) is 0 Å². The van der Waals surface area contributed by atoms with E-state index in [1.807, 2.05) is 12.1 Å². The molecule has 170 valence electrons. The lowest BCUT2D eigenvalue weighted by Crippen LogP contribution is -2.37. The average Bonchev–Trinajstić information content (AvgIpc) is 2.78. The summed E-state index contributed by atoms with van der Waals surface area (Å²) in [4.78, 5) is 7.83. The molecule has 31 heavy (non-hydrogen) atoms. The number of nitrogens with zero attached hydrogens (tertiary/aromatic N) is 2. The molecule has 0 spiro atoms. The lowest BCUT2D eigenvalue weighted by molar-refractivity contribution is 0.0342. The molecule has 8 heteroatoms. The zero-order chi connectivity index (χ0) is 21.0. The van der Waals surface area contributed by atoms with Crippen LogP contribution in [0.15, 0.2) is 58.4 Å². The molecule has 1 saturated heterocycles. The number of rotatable bonds is 9. The summed E-state index contributed by atoms with van der Waals surface area (Å²) >= 11 is 1.74. The Morgan fingerprint density at radius 1 is 1.10 bits per heavy atom. The highest BCUT2D eigenvalue weighted by molar-refractivity contribution is 14.0. The van der Waals surface area contributed by atoms with E-state index < -0.39 is 0 Å². The Kier molecular flexibility index (Phi) is 12.2. The number of morpholine rings is 1.